The number of aliphatic carboxylic acids is 1. The summed E-state index contributed by atoms with van der Waals surface area (Å²) < 4.78 is 0. The Balaban J connectivity index is 3.32. The minimum absolute atomic E-state index is 0.306. The fourth-order valence-electron chi connectivity index (χ4n) is 0.348. The summed E-state index contributed by atoms with van der Waals surface area (Å²) in [6.07, 6.45) is 0. The van der Waals surface area contributed by atoms with Gasteiger partial charge in [-0.15, -0.1) is 0 Å². The molecule has 1 unspecified atom stereocenters. The highest BCUT2D eigenvalue weighted by Gasteiger charge is 2.07. The number of carboxylic acid groups (broad SMARTS) is 1. The molecular weight excluding hydrogens is 124 g/mol. The molecule has 8 heavy (non-hydrogen) atoms. The number of rotatable bonds is 3. The molecule has 0 spiro atoms. The Bertz CT molecular complexity index is 82.5. The third-order valence-electron chi connectivity index (χ3n) is 0.798. The zero-order valence-electron chi connectivity index (χ0n) is 5.05. The van der Waals surface area contributed by atoms with Crippen LogP contribution in [0.5, 0.6) is 0 Å². The van der Waals surface area contributed by atoms with E-state index in [4.69, 9.17) is 0 Å². The van der Waals surface area contributed by atoms with E-state index < -0.39 is 5.97 Å². The van der Waals surface area contributed by atoms with Crippen molar-refractivity contribution >= 4 is 17.7 Å². The summed E-state index contributed by atoms with van der Waals surface area (Å²) in [4.78, 5) is 9.97. The first-order chi connectivity index (χ1) is 3.68. The van der Waals surface area contributed by atoms with Gasteiger partial charge in [-0.2, -0.15) is 0 Å². The average molecular weight is 134 g/mol. The fourth-order valence-corrected chi connectivity index (χ4v) is 1.05. The first-order valence-corrected chi connectivity index (χ1v) is 3.70. The minimum Gasteiger partial charge on any atom is -0.545 e. The lowest BCUT2D eigenvalue weighted by atomic mass is 10.5. The molecule has 0 aliphatic heterocycles. The highest BCUT2D eigenvalue weighted by molar-refractivity contribution is 7.79. The van der Waals surface area contributed by atoms with Crippen LogP contribution in [0.1, 0.15) is 13.8 Å². The second kappa shape index (κ2) is 3.78. The normalized spacial score (nSPS) is 13.2. The van der Waals surface area contributed by atoms with Gasteiger partial charge in [-0.25, -0.2) is 0 Å². The van der Waals surface area contributed by atoms with Gasteiger partial charge in [0.05, 0.1) is 5.97 Å². The van der Waals surface area contributed by atoms with Gasteiger partial charge in [0.2, 0.25) is 0 Å². The molecule has 0 aliphatic carbocycles. The molecule has 1 atom stereocenters. The summed E-state index contributed by atoms with van der Waals surface area (Å²) in [5, 5.41) is 9.67. The van der Waals surface area contributed by atoms with Gasteiger partial charge < -0.3 is 9.90 Å². The molecule has 48 valence electrons. The summed E-state index contributed by atoms with van der Waals surface area (Å²) in [6.45, 7) is 3.60. The third-order valence-corrected chi connectivity index (χ3v) is 1.92. The van der Waals surface area contributed by atoms with Crippen LogP contribution in [0.15, 0.2) is 0 Å². The van der Waals surface area contributed by atoms with Crippen LogP contribution >= 0.6 is 0 Å². The van der Waals surface area contributed by atoms with Gasteiger partial charge in [0.25, 0.3) is 0 Å². The summed E-state index contributed by atoms with van der Waals surface area (Å²) >= 11 is 0.942. The van der Waals surface area contributed by atoms with E-state index in [1.165, 1.54) is 0 Å². The van der Waals surface area contributed by atoms with Gasteiger partial charge in [0.1, 0.15) is 5.75 Å². The van der Waals surface area contributed by atoms with E-state index in [-0.39, 0.29) is 5.25 Å². The Kier molecular flexibility index (Phi) is 3.69. The maximum absolute atomic E-state index is 9.97. The van der Waals surface area contributed by atoms with E-state index in [0.717, 1.165) is 17.5 Å². The predicted octanol–water partition coefficient (Wildman–Crippen LogP) is -1.04. The first-order valence-electron chi connectivity index (χ1n) is 2.56. The van der Waals surface area contributed by atoms with Crippen molar-refractivity contribution in [1.29, 1.82) is 0 Å². The van der Waals surface area contributed by atoms with Crippen LogP contribution in [0.3, 0.4) is 0 Å². The quantitative estimate of drug-likeness (QED) is 0.365. The Morgan fingerprint density at radius 3 is 2.50 bits per heavy atom. The van der Waals surface area contributed by atoms with E-state index in [0.29, 0.717) is 0 Å². The molecule has 0 N–H and O–H groups in total. The molecule has 0 amide bonds. The summed E-state index contributed by atoms with van der Waals surface area (Å²) in [5.41, 5.74) is 0. The Morgan fingerprint density at radius 2 is 2.38 bits per heavy atom. The van der Waals surface area contributed by atoms with Gasteiger partial charge in [-0.1, -0.05) is 0 Å². The molecule has 2 nitrogen and oxygen atoms in total. The average Bonchev–Trinajstić information content (AvgIpc) is 1.67. The second-order valence-electron chi connectivity index (χ2n) is 1.49. The van der Waals surface area contributed by atoms with Crippen molar-refractivity contribution in [1.82, 2.24) is 0 Å². The summed E-state index contributed by atoms with van der Waals surface area (Å²) in [6, 6.07) is 0. The van der Waals surface area contributed by atoms with E-state index in [9.17, 15) is 9.90 Å². The maximum Gasteiger partial charge on any atom is 0.152 e. The van der Waals surface area contributed by atoms with Crippen LogP contribution in [-0.2, 0) is 16.6 Å². The highest BCUT2D eigenvalue weighted by atomic mass is 32.2. The number of thiol groups is 1. The molecule has 0 aliphatic rings. The molecule has 0 aromatic heterocycles. The van der Waals surface area contributed by atoms with Crippen molar-refractivity contribution < 1.29 is 9.90 Å². The van der Waals surface area contributed by atoms with Crippen LogP contribution in [0, 0.1) is 0 Å². The fraction of sp³-hybridized carbons (Fsp3) is 0.800. The molecule has 0 heterocycles. The monoisotopic (exact) mass is 134 g/mol. The first kappa shape index (κ1) is 7.82. The van der Waals surface area contributed by atoms with E-state index >= 15 is 0 Å². The molecule has 0 aromatic rings. The van der Waals surface area contributed by atoms with Crippen molar-refractivity contribution in [2.45, 2.75) is 19.1 Å². The zero-order chi connectivity index (χ0) is 6.57. The molecule has 0 saturated carbocycles. The Morgan fingerprint density at radius 1 is 1.88 bits per heavy atom. The largest absolute Gasteiger partial charge is 0.545 e. The minimum atomic E-state index is -0.950. The van der Waals surface area contributed by atoms with Crippen LogP contribution in [0.25, 0.3) is 0 Å². The highest BCUT2D eigenvalue weighted by Crippen LogP contribution is 1.86. The topological polar surface area (TPSA) is 40.1 Å². The molecule has 0 aromatic carbocycles. The van der Waals surface area contributed by atoms with E-state index in [2.05, 4.69) is 0 Å². The number of carbonyl (C=O) groups excluding carboxylic acids is 1. The van der Waals surface area contributed by atoms with Crippen LogP contribution < -0.4 is 5.11 Å². The van der Waals surface area contributed by atoms with E-state index in [1.807, 2.05) is 6.92 Å². The van der Waals surface area contributed by atoms with Crippen molar-refractivity contribution in [3.8, 4) is 0 Å². The van der Waals surface area contributed by atoms with Crippen LogP contribution in [0.4, 0.5) is 0 Å². The van der Waals surface area contributed by atoms with Gasteiger partial charge >= 0.3 is 0 Å². The molecule has 0 radical (unpaired) electrons. The maximum atomic E-state index is 9.97. The zero-order valence-corrected chi connectivity index (χ0v) is 5.94. The number of carbonyl (C=O) groups is 1. The number of hydrogen-bond acceptors (Lipinski definition) is 2. The van der Waals surface area contributed by atoms with E-state index in [1.54, 1.807) is 6.92 Å². The van der Waals surface area contributed by atoms with Crippen molar-refractivity contribution in [2.24, 2.45) is 0 Å². The third kappa shape index (κ3) is 2.91. The Hall–Kier alpha value is -0.180. The molecule has 0 rings (SSSR count). The molecule has 0 saturated heterocycles. The number of carboxylic acids is 1. The van der Waals surface area contributed by atoms with Crippen LogP contribution in [-0.4, -0.2) is 17.0 Å². The van der Waals surface area contributed by atoms with Gasteiger partial charge in [-0.3, -0.25) is 0 Å². The molecular formula is C5H10O2S. The summed E-state index contributed by atoms with van der Waals surface area (Å²) in [7, 11) is 0. The van der Waals surface area contributed by atoms with Crippen LogP contribution in [0.2, 0.25) is 0 Å². The SMILES string of the molecule is CC[SH+]C(C)C(=O)[O-]. The van der Waals surface area contributed by atoms with Gasteiger partial charge in [0.15, 0.2) is 5.25 Å². The van der Waals surface area contributed by atoms with Crippen molar-refractivity contribution in [3.63, 3.8) is 0 Å². The lowest BCUT2D eigenvalue weighted by molar-refractivity contribution is -0.304. The standard InChI is InChI=1S/C5H10O2S/c1-3-8-4(2)5(6)7/h4H,3H2,1-2H3,(H,6,7). The Labute approximate surface area is 53.3 Å². The van der Waals surface area contributed by atoms with Gasteiger partial charge in [0, 0.05) is 0 Å². The van der Waals surface area contributed by atoms with Crippen molar-refractivity contribution in [3.05, 3.63) is 0 Å². The van der Waals surface area contributed by atoms with Gasteiger partial charge in [-0.05, 0) is 25.6 Å². The molecule has 3 heteroatoms. The summed E-state index contributed by atoms with van der Waals surface area (Å²) in [5.74, 6) is -0.0664. The molecule has 0 fully saturated rings. The number of hydrogen-bond donors (Lipinski definition) is 0. The smallest absolute Gasteiger partial charge is 0.152 e. The molecule has 0 bridgehead atoms. The predicted molar refractivity (Wildman–Crippen MR) is 33.8 cm³/mol. The van der Waals surface area contributed by atoms with Crippen molar-refractivity contribution in [2.75, 3.05) is 5.75 Å². The lowest BCUT2D eigenvalue weighted by Gasteiger charge is -2.01. The lowest BCUT2D eigenvalue weighted by Crippen LogP contribution is -2.34. The second-order valence-corrected chi connectivity index (χ2v) is 3.27.